The summed E-state index contributed by atoms with van der Waals surface area (Å²) in [7, 11) is 0. The predicted octanol–water partition coefficient (Wildman–Crippen LogP) is 0.233. The van der Waals surface area contributed by atoms with Crippen LogP contribution in [0.2, 0.25) is 0 Å². The van der Waals surface area contributed by atoms with Crippen LogP contribution in [0.15, 0.2) is 43.5 Å². The lowest BCUT2D eigenvalue weighted by Gasteiger charge is -2.49. The van der Waals surface area contributed by atoms with Crippen molar-refractivity contribution in [2.75, 3.05) is 23.8 Å². The number of hydrogen-bond acceptors (Lipinski definition) is 14. The van der Waals surface area contributed by atoms with Gasteiger partial charge < -0.3 is 27.1 Å². The van der Waals surface area contributed by atoms with E-state index in [1.165, 1.54) is 41.7 Å². The number of carbonyl (C=O) groups excluding carboxylic acids is 2. The highest BCUT2D eigenvalue weighted by Crippen LogP contribution is 2.45. The molecule has 2 aliphatic heterocycles. The second-order valence-corrected chi connectivity index (χ2v) is 11.2. The molecule has 4 heterocycles. The number of nitrogens with zero attached hydrogens (tertiary/aromatic N) is 5. The van der Waals surface area contributed by atoms with Gasteiger partial charge in [-0.1, -0.05) is 34.7 Å². The standard InChI is InChI=1S/C18H18N8O5S4/c19-4-5-32-17-23-18(35-25-17)34-8-6-33-15-11(14(28)26(15)12(8)16(29)30)22-13(27)10(24-31)7-2-1-3-9(20)21-7/h1-3,11,15,31H,4-6,19H2,(H2,20,21)(H,22,27)(H,29,30)/b24-10+/t11-,15-/m1/s1. The number of nitrogen functional groups attached to an aromatic ring is 1. The molecule has 2 aromatic heterocycles. The average molecular weight is 555 g/mol. The van der Waals surface area contributed by atoms with Crippen LogP contribution in [0, 0.1) is 0 Å². The minimum absolute atomic E-state index is 0.0239. The number of β-lactam (4-membered cyclic amide) rings is 1. The van der Waals surface area contributed by atoms with Crippen molar-refractivity contribution in [2.24, 2.45) is 10.9 Å². The van der Waals surface area contributed by atoms with Gasteiger partial charge in [0.25, 0.3) is 11.8 Å². The van der Waals surface area contributed by atoms with Crippen molar-refractivity contribution in [1.82, 2.24) is 24.6 Å². The number of nitrogens with one attached hydrogen (secondary N) is 1. The van der Waals surface area contributed by atoms with Gasteiger partial charge in [0.1, 0.15) is 28.6 Å². The number of thioether (sulfide) groups is 3. The summed E-state index contributed by atoms with van der Waals surface area (Å²) in [5, 5.41) is 24.6. The Labute approximate surface area is 215 Å². The second-order valence-electron chi connectivity index (χ2n) is 6.92. The molecule has 1 saturated heterocycles. The number of oxime groups is 1. The monoisotopic (exact) mass is 554 g/mol. The Morgan fingerprint density at radius 2 is 2.14 bits per heavy atom. The summed E-state index contributed by atoms with van der Waals surface area (Å²) in [5.74, 6) is -1.64. The average Bonchev–Trinajstić information content (AvgIpc) is 3.28. The van der Waals surface area contributed by atoms with Gasteiger partial charge in [-0.05, 0) is 23.7 Å². The van der Waals surface area contributed by atoms with E-state index in [1.807, 2.05) is 0 Å². The molecular formula is C18H18N8O5S4. The molecule has 0 aromatic carbocycles. The Morgan fingerprint density at radius 3 is 2.83 bits per heavy atom. The van der Waals surface area contributed by atoms with Crippen LogP contribution in [0.5, 0.6) is 0 Å². The first kappa shape index (κ1) is 25.2. The molecular weight excluding hydrogens is 537 g/mol. The van der Waals surface area contributed by atoms with E-state index in [0.29, 0.717) is 26.7 Å². The molecule has 4 rings (SSSR count). The van der Waals surface area contributed by atoms with Crippen LogP contribution in [-0.2, 0) is 14.4 Å². The third kappa shape index (κ3) is 5.22. The quantitative estimate of drug-likeness (QED) is 0.0925. The Morgan fingerprint density at radius 1 is 1.34 bits per heavy atom. The maximum absolute atomic E-state index is 12.9. The van der Waals surface area contributed by atoms with E-state index < -0.39 is 34.9 Å². The van der Waals surface area contributed by atoms with E-state index in [2.05, 4.69) is 24.8 Å². The van der Waals surface area contributed by atoms with Crippen molar-refractivity contribution >= 4 is 76.1 Å². The van der Waals surface area contributed by atoms with Crippen molar-refractivity contribution in [3.8, 4) is 0 Å². The fourth-order valence-electron chi connectivity index (χ4n) is 3.23. The summed E-state index contributed by atoms with van der Waals surface area (Å²) >= 11 is 4.98. The fourth-order valence-corrected chi connectivity index (χ4v) is 7.27. The number of carboxylic acids is 1. The molecule has 2 aromatic rings. The number of pyridine rings is 1. The van der Waals surface area contributed by atoms with Crippen LogP contribution in [0.4, 0.5) is 5.82 Å². The maximum atomic E-state index is 12.9. The largest absolute Gasteiger partial charge is 0.477 e. The minimum Gasteiger partial charge on any atom is -0.477 e. The topological polar surface area (TPSA) is 210 Å². The van der Waals surface area contributed by atoms with E-state index in [4.69, 9.17) is 11.5 Å². The van der Waals surface area contributed by atoms with Crippen molar-refractivity contribution in [3.63, 3.8) is 0 Å². The maximum Gasteiger partial charge on any atom is 0.353 e. The summed E-state index contributed by atoms with van der Waals surface area (Å²) in [4.78, 5) is 47.5. The van der Waals surface area contributed by atoms with Gasteiger partial charge in [0, 0.05) is 23.0 Å². The molecule has 0 bridgehead atoms. The van der Waals surface area contributed by atoms with Crippen LogP contribution >= 0.6 is 46.8 Å². The summed E-state index contributed by atoms with van der Waals surface area (Å²) < 4.78 is 4.77. The first-order valence-corrected chi connectivity index (χ1v) is 13.5. The zero-order chi connectivity index (χ0) is 25.1. The number of carbonyl (C=O) groups is 3. The molecule has 2 amide bonds. The number of rotatable bonds is 9. The van der Waals surface area contributed by atoms with Gasteiger partial charge in [0.15, 0.2) is 10.1 Å². The molecule has 2 aliphatic rings. The highest BCUT2D eigenvalue weighted by Gasteiger charge is 2.54. The van der Waals surface area contributed by atoms with E-state index in [-0.39, 0.29) is 23.0 Å². The lowest BCUT2D eigenvalue weighted by molar-refractivity contribution is -0.150. The SMILES string of the molecule is NCCSc1nsc(SC2=C(C(=O)O)N3C(=O)[C@@H](NC(=O)/C(=N/O)c4cccc(N)n4)[C@H]3SC2)n1. The van der Waals surface area contributed by atoms with E-state index >= 15 is 0 Å². The third-order valence-corrected chi connectivity index (χ3v) is 8.99. The van der Waals surface area contributed by atoms with Crippen LogP contribution in [0.25, 0.3) is 0 Å². The van der Waals surface area contributed by atoms with Crippen molar-refractivity contribution in [2.45, 2.75) is 20.9 Å². The number of hydrogen-bond donors (Lipinski definition) is 5. The summed E-state index contributed by atoms with van der Waals surface area (Å²) in [6, 6.07) is 3.45. The molecule has 35 heavy (non-hydrogen) atoms. The minimum atomic E-state index is -1.26. The van der Waals surface area contributed by atoms with Crippen molar-refractivity contribution in [1.29, 1.82) is 0 Å². The normalized spacial score (nSPS) is 19.9. The molecule has 0 saturated carbocycles. The van der Waals surface area contributed by atoms with Crippen molar-refractivity contribution in [3.05, 3.63) is 34.5 Å². The van der Waals surface area contributed by atoms with Crippen LogP contribution in [0.1, 0.15) is 5.69 Å². The first-order chi connectivity index (χ1) is 16.8. The molecule has 1 fully saturated rings. The molecule has 13 nitrogen and oxygen atoms in total. The first-order valence-electron chi connectivity index (χ1n) is 9.85. The van der Waals surface area contributed by atoms with Gasteiger partial charge in [0.05, 0.1) is 0 Å². The molecule has 0 unspecified atom stereocenters. The van der Waals surface area contributed by atoms with Crippen LogP contribution in [0.3, 0.4) is 0 Å². The fraction of sp³-hybridized carbons (Fsp3) is 0.278. The number of aromatic nitrogens is 3. The number of nitrogens with two attached hydrogens (primary N) is 2. The number of aliphatic carboxylic acids is 1. The number of fused-ring (bicyclic) bond motifs is 1. The molecule has 0 radical (unpaired) electrons. The highest BCUT2D eigenvalue weighted by molar-refractivity contribution is 8.07. The Hall–Kier alpha value is -2.86. The van der Waals surface area contributed by atoms with Gasteiger partial charge in [-0.2, -0.15) is 4.37 Å². The van der Waals surface area contributed by atoms with Gasteiger partial charge >= 0.3 is 5.97 Å². The summed E-state index contributed by atoms with van der Waals surface area (Å²) in [5.41, 5.74) is 10.5. The smallest absolute Gasteiger partial charge is 0.353 e. The molecule has 0 aliphatic carbocycles. The number of amides is 2. The molecule has 17 heteroatoms. The molecule has 7 N–H and O–H groups in total. The molecule has 2 atom stereocenters. The summed E-state index contributed by atoms with van der Waals surface area (Å²) in [6.45, 7) is 0.481. The van der Waals surface area contributed by atoms with Gasteiger partial charge in [-0.3, -0.25) is 14.5 Å². The van der Waals surface area contributed by atoms with Gasteiger partial charge in [-0.15, -0.1) is 11.8 Å². The number of anilines is 1. The van der Waals surface area contributed by atoms with Gasteiger partial charge in [-0.25, -0.2) is 14.8 Å². The molecule has 184 valence electrons. The van der Waals surface area contributed by atoms with E-state index in [0.717, 1.165) is 28.2 Å². The Balaban J connectivity index is 1.49. The summed E-state index contributed by atoms with van der Waals surface area (Å²) in [6.07, 6.45) is 0. The lowest BCUT2D eigenvalue weighted by atomic mass is 10.0. The zero-order valence-corrected chi connectivity index (χ0v) is 20.9. The van der Waals surface area contributed by atoms with Crippen LogP contribution < -0.4 is 16.8 Å². The second kappa shape index (κ2) is 10.8. The predicted molar refractivity (Wildman–Crippen MR) is 132 cm³/mol. The molecule has 0 spiro atoms. The lowest BCUT2D eigenvalue weighted by Crippen LogP contribution is -2.71. The highest BCUT2D eigenvalue weighted by atomic mass is 32.2. The third-order valence-electron chi connectivity index (χ3n) is 4.70. The van der Waals surface area contributed by atoms with E-state index in [9.17, 15) is 24.7 Å². The zero-order valence-electron chi connectivity index (χ0n) is 17.7. The Kier molecular flexibility index (Phi) is 7.80. The van der Waals surface area contributed by atoms with Crippen LogP contribution in [-0.4, -0.2) is 82.5 Å². The van der Waals surface area contributed by atoms with Crippen molar-refractivity contribution < 1.29 is 24.7 Å². The van der Waals surface area contributed by atoms with E-state index in [1.54, 1.807) is 0 Å². The Bertz CT molecular complexity index is 1230. The number of carboxylic acid groups (broad SMARTS) is 1. The van der Waals surface area contributed by atoms with Gasteiger partial charge in [0.2, 0.25) is 5.16 Å².